The molecule has 0 aliphatic carbocycles. The van der Waals surface area contributed by atoms with Gasteiger partial charge in [0.2, 0.25) is 10.0 Å². The summed E-state index contributed by atoms with van der Waals surface area (Å²) < 4.78 is 32.6. The maximum Gasteiger partial charge on any atom is 0.244 e. The number of alkyl halides is 1. The van der Waals surface area contributed by atoms with Crippen LogP contribution in [0.15, 0.2) is 27.6 Å². The number of likely N-dealkylation sites (N-methyl/N-ethyl adjacent to an activating group) is 1. The van der Waals surface area contributed by atoms with Crippen LogP contribution >= 0.6 is 27.5 Å². The van der Waals surface area contributed by atoms with E-state index in [0.29, 0.717) is 17.6 Å². The van der Waals surface area contributed by atoms with Gasteiger partial charge in [0, 0.05) is 30.6 Å². The van der Waals surface area contributed by atoms with Crippen LogP contribution in [0.25, 0.3) is 0 Å². The minimum Gasteiger partial charge on any atom is -0.377 e. The zero-order valence-electron chi connectivity index (χ0n) is 11.2. The second kappa shape index (κ2) is 6.75. The number of halogens is 2. The van der Waals surface area contributed by atoms with E-state index in [9.17, 15) is 8.42 Å². The molecule has 0 aromatic heterocycles. The molecule has 1 aliphatic rings. The molecule has 1 aromatic rings. The van der Waals surface area contributed by atoms with Gasteiger partial charge in [-0.05, 0) is 46.5 Å². The lowest BCUT2D eigenvalue weighted by Crippen LogP contribution is -2.34. The van der Waals surface area contributed by atoms with Gasteiger partial charge < -0.3 is 4.74 Å². The molecule has 0 amide bonds. The van der Waals surface area contributed by atoms with E-state index in [2.05, 4.69) is 15.9 Å². The molecule has 1 saturated heterocycles. The van der Waals surface area contributed by atoms with E-state index >= 15 is 0 Å². The molecule has 1 aromatic carbocycles. The Kier molecular flexibility index (Phi) is 5.48. The molecule has 1 unspecified atom stereocenters. The zero-order chi connectivity index (χ0) is 14.8. The second-order valence-corrected chi connectivity index (χ2v) is 7.95. The quantitative estimate of drug-likeness (QED) is 0.736. The normalized spacial score (nSPS) is 19.7. The Morgan fingerprint density at radius 3 is 2.85 bits per heavy atom. The van der Waals surface area contributed by atoms with Crippen LogP contribution < -0.4 is 0 Å². The number of ether oxygens (including phenoxy) is 1. The zero-order valence-corrected chi connectivity index (χ0v) is 14.3. The Hall–Kier alpha value is -0.140. The number of rotatable bonds is 5. The first-order chi connectivity index (χ1) is 9.45. The molecule has 2 rings (SSSR count). The van der Waals surface area contributed by atoms with Crippen LogP contribution in [0.5, 0.6) is 0 Å². The fourth-order valence-corrected chi connectivity index (χ4v) is 4.51. The van der Waals surface area contributed by atoms with Crippen molar-refractivity contribution < 1.29 is 13.2 Å². The van der Waals surface area contributed by atoms with Gasteiger partial charge in [0.25, 0.3) is 0 Å². The molecular weight excluding hydrogens is 366 g/mol. The second-order valence-electron chi connectivity index (χ2n) is 4.82. The standard InChI is InChI=1S/C13H17BrClNO3S/c1-16(9-11-3-2-6-19-11)20(17,18)13-7-10(8-15)4-5-12(13)14/h4-5,7,11H,2-3,6,8-9H2,1H3. The molecule has 0 saturated carbocycles. The summed E-state index contributed by atoms with van der Waals surface area (Å²) in [5, 5.41) is 0. The fraction of sp³-hybridized carbons (Fsp3) is 0.538. The van der Waals surface area contributed by atoms with Crippen molar-refractivity contribution in [2.45, 2.75) is 29.7 Å². The van der Waals surface area contributed by atoms with Crippen LogP contribution in [0.1, 0.15) is 18.4 Å². The Balaban J connectivity index is 2.24. The highest BCUT2D eigenvalue weighted by Gasteiger charge is 2.27. The molecule has 1 heterocycles. The fourth-order valence-electron chi connectivity index (χ4n) is 2.17. The van der Waals surface area contributed by atoms with Crippen LogP contribution in [-0.4, -0.2) is 39.0 Å². The van der Waals surface area contributed by atoms with Crippen molar-refractivity contribution >= 4 is 37.6 Å². The van der Waals surface area contributed by atoms with Crippen LogP contribution in [0.3, 0.4) is 0 Å². The van der Waals surface area contributed by atoms with Crippen LogP contribution in [0, 0.1) is 0 Å². The van der Waals surface area contributed by atoms with Gasteiger partial charge in [-0.15, -0.1) is 11.6 Å². The Bertz CT molecular complexity index is 573. The summed E-state index contributed by atoms with van der Waals surface area (Å²) >= 11 is 9.07. The third-order valence-electron chi connectivity index (χ3n) is 3.32. The molecule has 1 aliphatic heterocycles. The predicted molar refractivity (Wildman–Crippen MR) is 82.5 cm³/mol. The molecule has 0 spiro atoms. The van der Waals surface area contributed by atoms with E-state index in [1.165, 1.54) is 4.31 Å². The average molecular weight is 383 g/mol. The molecule has 4 nitrogen and oxygen atoms in total. The topological polar surface area (TPSA) is 46.6 Å². The highest BCUT2D eigenvalue weighted by molar-refractivity contribution is 9.10. The molecule has 112 valence electrons. The van der Waals surface area contributed by atoms with Gasteiger partial charge in [-0.2, -0.15) is 4.31 Å². The monoisotopic (exact) mass is 381 g/mol. The third kappa shape index (κ3) is 3.54. The minimum absolute atomic E-state index is 0.00948. The van der Waals surface area contributed by atoms with E-state index in [1.807, 2.05) is 0 Å². The molecule has 1 fully saturated rings. The first-order valence-corrected chi connectivity index (χ1v) is 9.14. The summed E-state index contributed by atoms with van der Waals surface area (Å²) in [7, 11) is -1.96. The van der Waals surface area contributed by atoms with Crippen LogP contribution in [0.4, 0.5) is 0 Å². The molecule has 1 atom stereocenters. The Morgan fingerprint density at radius 1 is 1.50 bits per heavy atom. The van der Waals surface area contributed by atoms with Crippen molar-refractivity contribution in [1.29, 1.82) is 0 Å². The van der Waals surface area contributed by atoms with E-state index in [4.69, 9.17) is 16.3 Å². The van der Waals surface area contributed by atoms with Crippen LogP contribution in [-0.2, 0) is 20.6 Å². The van der Waals surface area contributed by atoms with Crippen molar-refractivity contribution in [2.24, 2.45) is 0 Å². The van der Waals surface area contributed by atoms with Crippen LogP contribution in [0.2, 0.25) is 0 Å². The molecular formula is C13H17BrClNO3S. The van der Waals surface area contributed by atoms with Gasteiger partial charge in [-0.25, -0.2) is 8.42 Å². The maximum absolute atomic E-state index is 12.6. The highest BCUT2D eigenvalue weighted by Crippen LogP contribution is 2.27. The van der Waals surface area contributed by atoms with Crippen molar-refractivity contribution in [3.05, 3.63) is 28.2 Å². The molecule has 7 heteroatoms. The Morgan fingerprint density at radius 2 is 2.25 bits per heavy atom. The minimum atomic E-state index is -3.54. The van der Waals surface area contributed by atoms with E-state index in [0.717, 1.165) is 18.4 Å². The van der Waals surface area contributed by atoms with E-state index in [1.54, 1.807) is 25.2 Å². The summed E-state index contributed by atoms with van der Waals surface area (Å²) in [5.74, 6) is 0.283. The van der Waals surface area contributed by atoms with Gasteiger partial charge in [0.05, 0.1) is 11.0 Å². The molecule has 0 bridgehead atoms. The van der Waals surface area contributed by atoms with E-state index < -0.39 is 10.0 Å². The lowest BCUT2D eigenvalue weighted by atomic mass is 10.2. The Labute approximate surface area is 133 Å². The van der Waals surface area contributed by atoms with Gasteiger partial charge in [0.1, 0.15) is 0 Å². The van der Waals surface area contributed by atoms with Crippen molar-refractivity contribution in [3.8, 4) is 0 Å². The van der Waals surface area contributed by atoms with E-state index in [-0.39, 0.29) is 16.9 Å². The summed E-state index contributed by atoms with van der Waals surface area (Å²) in [6.45, 7) is 1.09. The summed E-state index contributed by atoms with van der Waals surface area (Å²) in [5.41, 5.74) is 0.777. The molecule has 0 N–H and O–H groups in total. The number of sulfonamides is 1. The number of nitrogens with zero attached hydrogens (tertiary/aromatic N) is 1. The van der Waals surface area contributed by atoms with Crippen molar-refractivity contribution in [2.75, 3.05) is 20.2 Å². The van der Waals surface area contributed by atoms with Gasteiger partial charge >= 0.3 is 0 Å². The summed E-state index contributed by atoms with van der Waals surface area (Å²) in [6, 6.07) is 5.12. The first kappa shape index (κ1) is 16.2. The average Bonchev–Trinajstić information content (AvgIpc) is 2.92. The predicted octanol–water partition coefficient (Wildman–Crippen LogP) is 2.99. The first-order valence-electron chi connectivity index (χ1n) is 6.37. The number of hydrogen-bond donors (Lipinski definition) is 0. The van der Waals surface area contributed by atoms with Gasteiger partial charge in [0.15, 0.2) is 0 Å². The molecule has 0 radical (unpaired) electrons. The molecule has 20 heavy (non-hydrogen) atoms. The SMILES string of the molecule is CN(CC1CCCO1)S(=O)(=O)c1cc(CCl)ccc1Br. The third-order valence-corrected chi connectivity index (χ3v) is 6.45. The lowest BCUT2D eigenvalue weighted by Gasteiger charge is -2.21. The summed E-state index contributed by atoms with van der Waals surface area (Å²) in [6.07, 6.45) is 1.89. The number of hydrogen-bond acceptors (Lipinski definition) is 3. The highest BCUT2D eigenvalue weighted by atomic mass is 79.9. The smallest absolute Gasteiger partial charge is 0.244 e. The van der Waals surface area contributed by atoms with Crippen molar-refractivity contribution in [3.63, 3.8) is 0 Å². The largest absolute Gasteiger partial charge is 0.377 e. The van der Waals surface area contributed by atoms with Crippen molar-refractivity contribution in [1.82, 2.24) is 4.31 Å². The number of benzene rings is 1. The van der Waals surface area contributed by atoms with Gasteiger partial charge in [-0.3, -0.25) is 0 Å². The van der Waals surface area contributed by atoms with Gasteiger partial charge in [-0.1, -0.05) is 6.07 Å². The summed E-state index contributed by atoms with van der Waals surface area (Å²) in [4.78, 5) is 0.246. The lowest BCUT2D eigenvalue weighted by molar-refractivity contribution is 0.0979. The maximum atomic E-state index is 12.6.